The zero-order valence-corrected chi connectivity index (χ0v) is 10.5. The van der Waals surface area contributed by atoms with Crippen molar-refractivity contribution >= 4 is 21.7 Å². The summed E-state index contributed by atoms with van der Waals surface area (Å²) in [4.78, 5) is 11.5. The first-order valence-corrected chi connectivity index (χ1v) is 6.91. The Labute approximate surface area is 101 Å². The van der Waals surface area contributed by atoms with Gasteiger partial charge in [0.2, 0.25) is 5.91 Å². The fourth-order valence-corrected chi connectivity index (χ4v) is 1.99. The zero-order valence-electron chi connectivity index (χ0n) is 9.71. The van der Waals surface area contributed by atoms with Gasteiger partial charge in [-0.05, 0) is 19.1 Å². The first-order chi connectivity index (χ1) is 7.87. The number of carbonyl (C=O) groups excluding carboxylic acids is 1. The van der Waals surface area contributed by atoms with E-state index in [1.807, 2.05) is 6.07 Å². The molecule has 0 fully saturated rings. The van der Waals surface area contributed by atoms with Gasteiger partial charge in [-0.1, -0.05) is 18.2 Å². The van der Waals surface area contributed by atoms with Crippen LogP contribution in [0.15, 0.2) is 30.3 Å². The highest BCUT2D eigenvalue weighted by Gasteiger charge is 2.14. The Morgan fingerprint density at radius 3 is 2.47 bits per heavy atom. The molecule has 0 unspecified atom stereocenters. The number of anilines is 1. The van der Waals surface area contributed by atoms with Gasteiger partial charge in [-0.15, -0.1) is 0 Å². The van der Waals surface area contributed by atoms with Gasteiger partial charge >= 0.3 is 0 Å². The molecule has 94 valence electrons. The molecule has 1 N–H and O–H groups in total. The van der Waals surface area contributed by atoms with E-state index in [4.69, 9.17) is 0 Å². The molecule has 0 aliphatic heterocycles. The molecular weight excluding hydrogens is 242 g/mol. The van der Waals surface area contributed by atoms with E-state index in [0.717, 1.165) is 6.26 Å². The van der Waals surface area contributed by atoms with Crippen LogP contribution in [0.4, 0.5) is 5.69 Å². The van der Waals surface area contributed by atoms with Gasteiger partial charge in [0, 0.05) is 5.69 Å². The highest BCUT2D eigenvalue weighted by atomic mass is 32.2. The van der Waals surface area contributed by atoms with Crippen molar-refractivity contribution in [1.29, 1.82) is 0 Å². The van der Waals surface area contributed by atoms with Crippen molar-refractivity contribution in [2.75, 3.05) is 11.6 Å². The Morgan fingerprint density at radius 2 is 1.94 bits per heavy atom. The topological polar surface area (TPSA) is 72.5 Å². The summed E-state index contributed by atoms with van der Waals surface area (Å²) in [5, 5.41) is 2.64. The molecule has 0 aromatic heterocycles. The van der Waals surface area contributed by atoms with Crippen molar-refractivity contribution in [2.24, 2.45) is 0 Å². The smallest absolute Gasteiger partial charge is 0.264 e. The van der Waals surface area contributed by atoms with Crippen LogP contribution in [-0.4, -0.2) is 26.7 Å². The number of hydrogen-bond acceptors (Lipinski definition) is 4. The molecule has 1 atom stereocenters. The molecule has 0 saturated carbocycles. The number of rotatable bonds is 5. The Balaban J connectivity index is 2.45. The number of carbonyl (C=O) groups is 1. The summed E-state index contributed by atoms with van der Waals surface area (Å²) >= 11 is 0. The van der Waals surface area contributed by atoms with E-state index in [1.54, 1.807) is 24.3 Å². The molecule has 0 aliphatic carbocycles. The van der Waals surface area contributed by atoms with Crippen LogP contribution in [0.5, 0.6) is 0 Å². The minimum absolute atomic E-state index is 0.0119. The van der Waals surface area contributed by atoms with Gasteiger partial charge in [-0.2, -0.15) is 8.42 Å². The van der Waals surface area contributed by atoms with Gasteiger partial charge in [0.05, 0.1) is 18.8 Å². The van der Waals surface area contributed by atoms with Crippen molar-refractivity contribution in [3.8, 4) is 0 Å². The first-order valence-electron chi connectivity index (χ1n) is 5.10. The second kappa shape index (κ2) is 5.79. The standard InChI is InChI=1S/C11H15NO4S/c1-9(16-17(2,14)15)8-11(13)12-10-6-4-3-5-7-10/h3-7,9H,8H2,1-2H3,(H,12,13)/t9-/m0/s1. The van der Waals surface area contributed by atoms with Gasteiger partial charge in [0.1, 0.15) is 0 Å². The molecule has 1 rings (SSSR count). The molecule has 1 aromatic carbocycles. The molecule has 0 heterocycles. The Bertz CT molecular complexity index is 470. The van der Waals surface area contributed by atoms with Crippen LogP contribution < -0.4 is 5.32 Å². The molecular formula is C11H15NO4S. The van der Waals surface area contributed by atoms with Crippen LogP contribution in [0.3, 0.4) is 0 Å². The van der Waals surface area contributed by atoms with E-state index in [1.165, 1.54) is 6.92 Å². The highest BCUT2D eigenvalue weighted by Crippen LogP contribution is 2.08. The second-order valence-corrected chi connectivity index (χ2v) is 5.33. The van der Waals surface area contributed by atoms with Crippen LogP contribution in [0.25, 0.3) is 0 Å². The van der Waals surface area contributed by atoms with Gasteiger partial charge < -0.3 is 5.32 Å². The van der Waals surface area contributed by atoms with E-state index in [-0.39, 0.29) is 12.3 Å². The number of hydrogen-bond donors (Lipinski definition) is 1. The van der Waals surface area contributed by atoms with Gasteiger partial charge in [0.15, 0.2) is 0 Å². The van der Waals surface area contributed by atoms with E-state index in [9.17, 15) is 13.2 Å². The summed E-state index contributed by atoms with van der Waals surface area (Å²) < 4.78 is 26.3. The van der Waals surface area contributed by atoms with Crippen LogP contribution in [-0.2, 0) is 19.1 Å². The van der Waals surface area contributed by atoms with Crippen molar-refractivity contribution in [3.63, 3.8) is 0 Å². The SMILES string of the molecule is C[C@@H](CC(=O)Nc1ccccc1)OS(C)(=O)=O. The van der Waals surface area contributed by atoms with Gasteiger partial charge in [-0.3, -0.25) is 8.98 Å². The highest BCUT2D eigenvalue weighted by molar-refractivity contribution is 7.86. The molecule has 0 spiro atoms. The molecule has 0 radical (unpaired) electrons. The van der Waals surface area contributed by atoms with Gasteiger partial charge in [0.25, 0.3) is 10.1 Å². The summed E-state index contributed by atoms with van der Waals surface area (Å²) in [5.74, 6) is -0.285. The third-order valence-electron chi connectivity index (χ3n) is 1.87. The van der Waals surface area contributed by atoms with E-state index in [0.29, 0.717) is 5.69 Å². The summed E-state index contributed by atoms with van der Waals surface area (Å²) in [5.41, 5.74) is 0.670. The summed E-state index contributed by atoms with van der Waals surface area (Å²) in [6.45, 7) is 1.53. The van der Waals surface area contributed by atoms with Gasteiger partial charge in [-0.25, -0.2) is 0 Å². The van der Waals surface area contributed by atoms with Crippen molar-refractivity contribution < 1.29 is 17.4 Å². The van der Waals surface area contributed by atoms with E-state index in [2.05, 4.69) is 9.50 Å². The Morgan fingerprint density at radius 1 is 1.35 bits per heavy atom. The zero-order chi connectivity index (χ0) is 12.9. The van der Waals surface area contributed by atoms with Crippen molar-refractivity contribution in [2.45, 2.75) is 19.4 Å². The number of para-hydroxylation sites is 1. The van der Waals surface area contributed by atoms with E-state index < -0.39 is 16.2 Å². The van der Waals surface area contributed by atoms with Crippen LogP contribution in [0.1, 0.15) is 13.3 Å². The largest absolute Gasteiger partial charge is 0.326 e. The second-order valence-electron chi connectivity index (χ2n) is 3.73. The maximum absolute atomic E-state index is 11.5. The Hall–Kier alpha value is -1.40. The third-order valence-corrected chi connectivity index (χ3v) is 2.55. The maximum atomic E-state index is 11.5. The average molecular weight is 257 g/mol. The molecule has 1 amide bonds. The van der Waals surface area contributed by atoms with Crippen LogP contribution >= 0.6 is 0 Å². The fraction of sp³-hybridized carbons (Fsp3) is 0.364. The monoisotopic (exact) mass is 257 g/mol. The summed E-state index contributed by atoms with van der Waals surface area (Å²) in [6, 6.07) is 8.93. The van der Waals surface area contributed by atoms with E-state index >= 15 is 0 Å². The normalized spacial score (nSPS) is 13.1. The lowest BCUT2D eigenvalue weighted by atomic mass is 10.2. The average Bonchev–Trinajstić information content (AvgIpc) is 2.15. The van der Waals surface area contributed by atoms with Crippen molar-refractivity contribution in [3.05, 3.63) is 30.3 Å². The fourth-order valence-electron chi connectivity index (χ4n) is 1.33. The maximum Gasteiger partial charge on any atom is 0.264 e. The molecule has 0 saturated heterocycles. The third kappa shape index (κ3) is 6.03. The summed E-state index contributed by atoms with van der Waals surface area (Å²) in [6.07, 6.45) is 0.273. The quantitative estimate of drug-likeness (QED) is 0.809. The number of nitrogens with one attached hydrogen (secondary N) is 1. The Kier molecular flexibility index (Phi) is 4.65. The lowest BCUT2D eigenvalue weighted by Gasteiger charge is -2.10. The minimum Gasteiger partial charge on any atom is -0.326 e. The molecule has 6 heteroatoms. The molecule has 0 bridgehead atoms. The molecule has 17 heavy (non-hydrogen) atoms. The number of benzene rings is 1. The molecule has 5 nitrogen and oxygen atoms in total. The molecule has 1 aromatic rings. The van der Waals surface area contributed by atoms with Crippen LogP contribution in [0, 0.1) is 0 Å². The lowest BCUT2D eigenvalue weighted by molar-refractivity contribution is -0.117. The lowest BCUT2D eigenvalue weighted by Crippen LogP contribution is -2.22. The summed E-state index contributed by atoms with van der Waals surface area (Å²) in [7, 11) is -3.52. The predicted molar refractivity (Wildman–Crippen MR) is 65.1 cm³/mol. The van der Waals surface area contributed by atoms with Crippen LogP contribution in [0.2, 0.25) is 0 Å². The number of amides is 1. The van der Waals surface area contributed by atoms with Crippen molar-refractivity contribution in [1.82, 2.24) is 0 Å². The predicted octanol–water partition coefficient (Wildman–Crippen LogP) is 1.38. The molecule has 0 aliphatic rings. The first kappa shape index (κ1) is 13.7. The minimum atomic E-state index is -3.52.